The summed E-state index contributed by atoms with van der Waals surface area (Å²) in [7, 11) is 0. The van der Waals surface area contributed by atoms with Crippen molar-refractivity contribution in [1.82, 2.24) is 0 Å². The van der Waals surface area contributed by atoms with Crippen molar-refractivity contribution in [2.45, 2.75) is 70.7 Å². The summed E-state index contributed by atoms with van der Waals surface area (Å²) in [5, 5.41) is 11.0. The average molecular weight is 280 g/mol. The van der Waals surface area contributed by atoms with Crippen LogP contribution in [0.2, 0.25) is 0 Å². The first-order chi connectivity index (χ1) is 9.60. The standard InChI is InChI=1S/C17H28O3/c1-14(2)8-11-17(18,15-6-4-3-5-7-15)20-16-9-12-19-13-10-16/h14-16,18H,3-7,9-10,12-13H2,1-2H3. The summed E-state index contributed by atoms with van der Waals surface area (Å²) in [4.78, 5) is 0. The lowest BCUT2D eigenvalue weighted by molar-refractivity contribution is -0.236. The maximum absolute atomic E-state index is 11.0. The summed E-state index contributed by atoms with van der Waals surface area (Å²) < 4.78 is 11.4. The molecule has 0 radical (unpaired) electrons. The van der Waals surface area contributed by atoms with Crippen molar-refractivity contribution in [2.75, 3.05) is 13.2 Å². The van der Waals surface area contributed by atoms with Crippen LogP contribution in [0.3, 0.4) is 0 Å². The van der Waals surface area contributed by atoms with Gasteiger partial charge in [0.15, 0.2) is 0 Å². The van der Waals surface area contributed by atoms with Gasteiger partial charge in [-0.25, -0.2) is 0 Å². The molecule has 0 aromatic carbocycles. The van der Waals surface area contributed by atoms with Crippen LogP contribution in [0.15, 0.2) is 0 Å². The lowest BCUT2D eigenvalue weighted by atomic mass is 9.83. The van der Waals surface area contributed by atoms with Crippen LogP contribution in [0, 0.1) is 23.7 Å². The number of aliphatic hydroxyl groups is 1. The third-order valence-electron chi connectivity index (χ3n) is 4.21. The molecular weight excluding hydrogens is 252 g/mol. The molecule has 1 saturated carbocycles. The van der Waals surface area contributed by atoms with Crippen LogP contribution in [-0.2, 0) is 9.47 Å². The lowest BCUT2D eigenvalue weighted by Crippen LogP contribution is -2.44. The van der Waals surface area contributed by atoms with Gasteiger partial charge >= 0.3 is 0 Å². The van der Waals surface area contributed by atoms with Gasteiger partial charge in [-0.15, -0.1) is 0 Å². The van der Waals surface area contributed by atoms with Crippen LogP contribution in [0.25, 0.3) is 0 Å². The third-order valence-corrected chi connectivity index (χ3v) is 4.21. The molecule has 0 aromatic rings. The van der Waals surface area contributed by atoms with Gasteiger partial charge in [-0.3, -0.25) is 0 Å². The van der Waals surface area contributed by atoms with Crippen LogP contribution >= 0.6 is 0 Å². The zero-order valence-electron chi connectivity index (χ0n) is 12.9. The summed E-state index contributed by atoms with van der Waals surface area (Å²) in [6.45, 7) is 5.54. The molecule has 2 aliphatic rings. The van der Waals surface area contributed by atoms with E-state index in [1.165, 1.54) is 19.3 Å². The minimum absolute atomic E-state index is 0.0807. The maximum atomic E-state index is 11.0. The first-order valence-corrected chi connectivity index (χ1v) is 8.11. The van der Waals surface area contributed by atoms with Gasteiger partial charge in [-0.05, 0) is 31.6 Å². The molecule has 3 heteroatoms. The summed E-state index contributed by atoms with van der Waals surface area (Å²) in [6, 6.07) is 0. The number of ether oxygens (including phenoxy) is 2. The predicted molar refractivity (Wildman–Crippen MR) is 79.1 cm³/mol. The predicted octanol–water partition coefficient (Wildman–Crippen LogP) is 3.11. The van der Waals surface area contributed by atoms with E-state index in [1.54, 1.807) is 0 Å². The van der Waals surface area contributed by atoms with Crippen molar-refractivity contribution in [3.05, 3.63) is 0 Å². The number of rotatable bonds is 3. The van der Waals surface area contributed by atoms with Crippen LogP contribution in [0.5, 0.6) is 0 Å². The van der Waals surface area contributed by atoms with E-state index in [-0.39, 0.29) is 17.9 Å². The van der Waals surface area contributed by atoms with Crippen molar-refractivity contribution in [3.8, 4) is 11.8 Å². The number of hydrogen-bond acceptors (Lipinski definition) is 3. The largest absolute Gasteiger partial charge is 0.381 e. The van der Waals surface area contributed by atoms with E-state index < -0.39 is 5.79 Å². The Morgan fingerprint density at radius 1 is 1.10 bits per heavy atom. The molecule has 0 aromatic heterocycles. The van der Waals surface area contributed by atoms with Crippen LogP contribution < -0.4 is 0 Å². The lowest BCUT2D eigenvalue weighted by Gasteiger charge is -2.38. The Kier molecular flexibility index (Phi) is 5.89. The first kappa shape index (κ1) is 15.8. The Labute approximate surface area is 123 Å². The normalized spacial score (nSPS) is 25.0. The summed E-state index contributed by atoms with van der Waals surface area (Å²) >= 11 is 0. The molecule has 1 aliphatic heterocycles. The summed E-state index contributed by atoms with van der Waals surface area (Å²) in [5.41, 5.74) is 0. The summed E-state index contributed by atoms with van der Waals surface area (Å²) in [6.07, 6.45) is 7.45. The van der Waals surface area contributed by atoms with E-state index in [0.29, 0.717) is 0 Å². The van der Waals surface area contributed by atoms with E-state index in [0.717, 1.165) is 38.9 Å². The Hall–Kier alpha value is -0.560. The molecule has 20 heavy (non-hydrogen) atoms. The second-order valence-corrected chi connectivity index (χ2v) is 6.38. The van der Waals surface area contributed by atoms with Gasteiger partial charge in [0.25, 0.3) is 0 Å². The van der Waals surface area contributed by atoms with Gasteiger partial charge in [0, 0.05) is 25.0 Å². The van der Waals surface area contributed by atoms with Gasteiger partial charge in [0.05, 0.1) is 6.10 Å². The van der Waals surface area contributed by atoms with Crippen molar-refractivity contribution in [2.24, 2.45) is 11.8 Å². The van der Waals surface area contributed by atoms with Crippen LogP contribution in [0.1, 0.15) is 58.8 Å². The zero-order valence-corrected chi connectivity index (χ0v) is 12.9. The molecule has 114 valence electrons. The molecule has 1 atom stereocenters. The molecule has 1 unspecified atom stereocenters. The van der Waals surface area contributed by atoms with E-state index >= 15 is 0 Å². The van der Waals surface area contributed by atoms with Gasteiger partial charge < -0.3 is 14.6 Å². The average Bonchev–Trinajstić information content (AvgIpc) is 2.47. The van der Waals surface area contributed by atoms with Crippen molar-refractivity contribution in [1.29, 1.82) is 0 Å². The molecule has 2 fully saturated rings. The van der Waals surface area contributed by atoms with Crippen molar-refractivity contribution < 1.29 is 14.6 Å². The smallest absolute Gasteiger partial charge is 0.234 e. The molecule has 1 N–H and O–H groups in total. The molecule has 1 saturated heterocycles. The van der Waals surface area contributed by atoms with Gasteiger partial charge in [-0.2, -0.15) is 0 Å². The van der Waals surface area contributed by atoms with Gasteiger partial charge in [-0.1, -0.05) is 39.0 Å². The van der Waals surface area contributed by atoms with E-state index in [9.17, 15) is 5.11 Å². The van der Waals surface area contributed by atoms with Crippen molar-refractivity contribution in [3.63, 3.8) is 0 Å². The van der Waals surface area contributed by atoms with Gasteiger partial charge in [0.1, 0.15) is 0 Å². The quantitative estimate of drug-likeness (QED) is 0.637. The summed E-state index contributed by atoms with van der Waals surface area (Å²) in [5.74, 6) is 5.33. The molecular formula is C17H28O3. The second-order valence-electron chi connectivity index (χ2n) is 6.38. The molecule has 0 bridgehead atoms. The fourth-order valence-corrected chi connectivity index (χ4v) is 3.02. The highest BCUT2D eigenvalue weighted by atomic mass is 16.6. The second kappa shape index (κ2) is 7.45. The van der Waals surface area contributed by atoms with E-state index in [2.05, 4.69) is 11.8 Å². The monoisotopic (exact) mass is 280 g/mol. The first-order valence-electron chi connectivity index (χ1n) is 8.11. The minimum atomic E-state index is -1.26. The van der Waals surface area contributed by atoms with Crippen LogP contribution in [0.4, 0.5) is 0 Å². The third kappa shape index (κ3) is 4.48. The molecule has 2 rings (SSSR count). The fraction of sp³-hybridized carbons (Fsp3) is 0.882. The molecule has 3 nitrogen and oxygen atoms in total. The van der Waals surface area contributed by atoms with E-state index in [4.69, 9.17) is 9.47 Å². The highest BCUT2D eigenvalue weighted by Gasteiger charge is 2.39. The highest BCUT2D eigenvalue weighted by Crippen LogP contribution is 2.35. The Morgan fingerprint density at radius 2 is 1.75 bits per heavy atom. The Balaban J connectivity index is 2.07. The maximum Gasteiger partial charge on any atom is 0.234 e. The SMILES string of the molecule is CC(C)C#CC(O)(OC1CCOCC1)C1CCCCC1. The fourth-order valence-electron chi connectivity index (χ4n) is 3.02. The van der Waals surface area contributed by atoms with Crippen LogP contribution in [-0.4, -0.2) is 30.2 Å². The molecule has 1 aliphatic carbocycles. The minimum Gasteiger partial charge on any atom is -0.381 e. The highest BCUT2D eigenvalue weighted by molar-refractivity contribution is 5.13. The zero-order chi connectivity index (χ0) is 14.4. The van der Waals surface area contributed by atoms with E-state index in [1.807, 2.05) is 13.8 Å². The molecule has 0 amide bonds. The van der Waals surface area contributed by atoms with Crippen molar-refractivity contribution >= 4 is 0 Å². The molecule has 1 heterocycles. The topological polar surface area (TPSA) is 38.7 Å². The Bertz CT molecular complexity index is 343. The Morgan fingerprint density at radius 3 is 2.35 bits per heavy atom. The molecule has 0 spiro atoms. The number of hydrogen-bond donors (Lipinski definition) is 1. The van der Waals surface area contributed by atoms with Gasteiger partial charge in [0.2, 0.25) is 5.79 Å².